The maximum absolute atomic E-state index is 12.0. The molecule has 1 atom stereocenters. The van der Waals surface area contributed by atoms with Crippen molar-refractivity contribution in [1.29, 1.82) is 0 Å². The third-order valence-electron chi connectivity index (χ3n) is 3.01. The summed E-state index contributed by atoms with van der Waals surface area (Å²) in [5.74, 6) is 0.306. The average Bonchev–Trinajstić information content (AvgIpc) is 2.77. The van der Waals surface area contributed by atoms with Crippen molar-refractivity contribution >= 4 is 22.0 Å². The van der Waals surface area contributed by atoms with Gasteiger partial charge in [0.2, 0.25) is 0 Å². The van der Waals surface area contributed by atoms with Gasteiger partial charge in [0, 0.05) is 35.4 Å². The molecule has 1 aromatic rings. The second kappa shape index (κ2) is 5.49. The molecule has 19 heavy (non-hydrogen) atoms. The summed E-state index contributed by atoms with van der Waals surface area (Å²) in [5, 5.41) is 0. The normalized spacial score (nSPS) is 19.6. The number of hydrogen-bond donors (Lipinski definition) is 0. The van der Waals surface area contributed by atoms with Gasteiger partial charge in [-0.15, -0.1) is 0 Å². The molecule has 5 heteroatoms. The minimum atomic E-state index is -0.439. The lowest BCUT2D eigenvalue weighted by molar-refractivity contribution is 0.0292. The molecule has 0 unspecified atom stereocenters. The van der Waals surface area contributed by atoms with Crippen molar-refractivity contribution in [3.63, 3.8) is 0 Å². The molecule has 1 saturated heterocycles. The van der Waals surface area contributed by atoms with Crippen LogP contribution < -0.4 is 0 Å². The van der Waals surface area contributed by atoms with Crippen molar-refractivity contribution in [2.75, 3.05) is 13.1 Å². The topological polar surface area (TPSA) is 42.4 Å². The molecule has 0 aliphatic carbocycles. The largest absolute Gasteiger partial charge is 0.444 e. The van der Waals surface area contributed by atoms with Crippen LogP contribution in [0.1, 0.15) is 38.8 Å². The Bertz CT molecular complexity index is 454. The van der Waals surface area contributed by atoms with Crippen LogP contribution in [0.4, 0.5) is 4.79 Å². The molecule has 0 aromatic carbocycles. The standard InChI is InChI=1S/C14H19BrN2O2/c1-14(2,3)19-13(18)17-7-6-10(9-17)12-5-4-11(15)8-16-12/h4-5,8,10H,6-7,9H2,1-3H3/t10-/m0/s1. The van der Waals surface area contributed by atoms with Crippen molar-refractivity contribution in [1.82, 2.24) is 9.88 Å². The van der Waals surface area contributed by atoms with E-state index in [1.807, 2.05) is 32.9 Å². The Morgan fingerprint density at radius 1 is 1.47 bits per heavy atom. The van der Waals surface area contributed by atoms with Gasteiger partial charge >= 0.3 is 6.09 Å². The highest BCUT2D eigenvalue weighted by atomic mass is 79.9. The summed E-state index contributed by atoms with van der Waals surface area (Å²) in [6.07, 6.45) is 2.51. The van der Waals surface area contributed by atoms with Gasteiger partial charge in [0.25, 0.3) is 0 Å². The summed E-state index contributed by atoms with van der Waals surface area (Å²) in [5.41, 5.74) is 0.597. The van der Waals surface area contributed by atoms with Crippen LogP contribution in [0.3, 0.4) is 0 Å². The monoisotopic (exact) mass is 326 g/mol. The zero-order chi connectivity index (χ0) is 14.0. The van der Waals surface area contributed by atoms with E-state index in [1.165, 1.54) is 0 Å². The van der Waals surface area contributed by atoms with Crippen LogP contribution >= 0.6 is 15.9 Å². The van der Waals surface area contributed by atoms with Gasteiger partial charge in [-0.25, -0.2) is 4.79 Å². The SMILES string of the molecule is CC(C)(C)OC(=O)N1CC[C@H](c2ccc(Br)cn2)C1. The maximum atomic E-state index is 12.0. The van der Waals surface area contributed by atoms with Gasteiger partial charge in [0.05, 0.1) is 0 Å². The first-order valence-electron chi connectivity index (χ1n) is 6.44. The molecule has 2 rings (SSSR count). The maximum Gasteiger partial charge on any atom is 0.410 e. The highest BCUT2D eigenvalue weighted by molar-refractivity contribution is 9.10. The fourth-order valence-corrected chi connectivity index (χ4v) is 2.36. The quantitative estimate of drug-likeness (QED) is 0.792. The van der Waals surface area contributed by atoms with Crippen molar-refractivity contribution in [3.8, 4) is 0 Å². The summed E-state index contributed by atoms with van der Waals surface area (Å²) >= 11 is 3.38. The molecule has 1 amide bonds. The molecule has 0 radical (unpaired) electrons. The van der Waals surface area contributed by atoms with E-state index in [1.54, 1.807) is 11.1 Å². The molecule has 1 fully saturated rings. The number of aromatic nitrogens is 1. The average molecular weight is 327 g/mol. The van der Waals surface area contributed by atoms with Gasteiger partial charge in [-0.3, -0.25) is 4.98 Å². The van der Waals surface area contributed by atoms with Crippen molar-refractivity contribution in [2.24, 2.45) is 0 Å². The zero-order valence-corrected chi connectivity index (χ0v) is 13.1. The van der Waals surface area contributed by atoms with E-state index in [0.717, 1.165) is 23.1 Å². The molecule has 0 N–H and O–H groups in total. The van der Waals surface area contributed by atoms with E-state index in [-0.39, 0.29) is 6.09 Å². The lowest BCUT2D eigenvalue weighted by Gasteiger charge is -2.24. The Hall–Kier alpha value is -1.10. The van der Waals surface area contributed by atoms with Crippen molar-refractivity contribution in [3.05, 3.63) is 28.5 Å². The van der Waals surface area contributed by atoms with Crippen molar-refractivity contribution in [2.45, 2.75) is 38.7 Å². The third kappa shape index (κ3) is 3.93. The van der Waals surface area contributed by atoms with E-state index >= 15 is 0 Å². The van der Waals surface area contributed by atoms with E-state index in [0.29, 0.717) is 12.5 Å². The van der Waals surface area contributed by atoms with Crippen LogP contribution in [0.25, 0.3) is 0 Å². The van der Waals surface area contributed by atoms with Crippen LogP contribution in [0.2, 0.25) is 0 Å². The number of pyridine rings is 1. The molecule has 4 nitrogen and oxygen atoms in total. The van der Waals surface area contributed by atoms with Gasteiger partial charge in [-0.2, -0.15) is 0 Å². The first-order valence-corrected chi connectivity index (χ1v) is 7.24. The number of ether oxygens (including phenoxy) is 1. The molecule has 1 aliphatic rings. The van der Waals surface area contributed by atoms with E-state index < -0.39 is 5.60 Å². The zero-order valence-electron chi connectivity index (χ0n) is 11.5. The van der Waals surface area contributed by atoms with Gasteiger partial charge in [-0.1, -0.05) is 0 Å². The number of halogens is 1. The number of carbonyl (C=O) groups is 1. The first kappa shape index (κ1) is 14.3. The Morgan fingerprint density at radius 2 is 2.21 bits per heavy atom. The number of rotatable bonds is 1. The molecule has 0 bridgehead atoms. The molecule has 104 valence electrons. The van der Waals surface area contributed by atoms with Gasteiger partial charge < -0.3 is 9.64 Å². The second-order valence-electron chi connectivity index (χ2n) is 5.81. The van der Waals surface area contributed by atoms with Gasteiger partial charge in [0.15, 0.2) is 0 Å². The number of hydrogen-bond acceptors (Lipinski definition) is 3. The van der Waals surface area contributed by atoms with Crippen LogP contribution in [0.5, 0.6) is 0 Å². The number of likely N-dealkylation sites (tertiary alicyclic amines) is 1. The lowest BCUT2D eigenvalue weighted by atomic mass is 10.0. The van der Waals surface area contributed by atoms with Crippen LogP contribution in [0.15, 0.2) is 22.8 Å². The Balaban J connectivity index is 1.96. The summed E-state index contributed by atoms with van der Waals surface area (Å²) < 4.78 is 6.35. The summed E-state index contributed by atoms with van der Waals surface area (Å²) in [6, 6.07) is 3.99. The molecule has 1 aromatic heterocycles. The summed E-state index contributed by atoms with van der Waals surface area (Å²) in [4.78, 5) is 18.1. The lowest BCUT2D eigenvalue weighted by Crippen LogP contribution is -2.35. The van der Waals surface area contributed by atoms with E-state index in [4.69, 9.17) is 4.74 Å². The molecule has 0 saturated carbocycles. The van der Waals surface area contributed by atoms with E-state index in [9.17, 15) is 4.79 Å². The fraction of sp³-hybridized carbons (Fsp3) is 0.571. The predicted octanol–water partition coefficient (Wildman–Crippen LogP) is 3.57. The minimum Gasteiger partial charge on any atom is -0.444 e. The Kier molecular flexibility index (Phi) is 4.13. The van der Waals surface area contributed by atoms with E-state index in [2.05, 4.69) is 20.9 Å². The summed E-state index contributed by atoms with van der Waals surface area (Å²) in [6.45, 7) is 7.07. The van der Waals surface area contributed by atoms with Crippen molar-refractivity contribution < 1.29 is 9.53 Å². The third-order valence-corrected chi connectivity index (χ3v) is 3.48. The number of amides is 1. The Labute approximate surface area is 122 Å². The molecule has 2 heterocycles. The minimum absolute atomic E-state index is 0.230. The fourth-order valence-electron chi connectivity index (χ4n) is 2.12. The highest BCUT2D eigenvalue weighted by Crippen LogP contribution is 2.27. The number of nitrogens with zero attached hydrogens (tertiary/aromatic N) is 2. The molecule has 0 spiro atoms. The van der Waals surface area contributed by atoms with Crippen LogP contribution in [-0.2, 0) is 4.74 Å². The summed E-state index contributed by atoms with van der Waals surface area (Å²) in [7, 11) is 0. The highest BCUT2D eigenvalue weighted by Gasteiger charge is 2.30. The smallest absolute Gasteiger partial charge is 0.410 e. The van der Waals surface area contributed by atoms with Gasteiger partial charge in [-0.05, 0) is 55.3 Å². The number of carbonyl (C=O) groups excluding carboxylic acids is 1. The molecular weight excluding hydrogens is 308 g/mol. The predicted molar refractivity (Wildman–Crippen MR) is 77.1 cm³/mol. The molecule has 1 aliphatic heterocycles. The Morgan fingerprint density at radius 3 is 2.79 bits per heavy atom. The molecular formula is C14H19BrN2O2. The second-order valence-corrected chi connectivity index (χ2v) is 6.73. The van der Waals surface area contributed by atoms with Crippen LogP contribution in [-0.4, -0.2) is 34.7 Å². The van der Waals surface area contributed by atoms with Crippen LogP contribution in [0, 0.1) is 0 Å². The van der Waals surface area contributed by atoms with Gasteiger partial charge in [0.1, 0.15) is 5.60 Å². The first-order chi connectivity index (χ1) is 8.85.